The lowest BCUT2D eigenvalue weighted by atomic mass is 9.44. The summed E-state index contributed by atoms with van der Waals surface area (Å²) >= 11 is 0. The summed E-state index contributed by atoms with van der Waals surface area (Å²) in [5.41, 5.74) is 51.7. The Balaban J connectivity index is 2.73. The van der Waals surface area contributed by atoms with Crippen LogP contribution < -0.4 is 51.6 Å². The van der Waals surface area contributed by atoms with Gasteiger partial charge in [-0.05, 0) is 12.8 Å². The van der Waals surface area contributed by atoms with Crippen LogP contribution in [-0.2, 0) is 0 Å². The minimum absolute atomic E-state index is 0.342. The zero-order chi connectivity index (χ0) is 15.9. The van der Waals surface area contributed by atoms with E-state index in [2.05, 4.69) is 0 Å². The third-order valence-electron chi connectivity index (χ3n) is 6.12. The summed E-state index contributed by atoms with van der Waals surface area (Å²) in [7, 11) is 0. The van der Waals surface area contributed by atoms with E-state index in [0.717, 1.165) is 0 Å². The lowest BCUT2D eigenvalue weighted by molar-refractivity contribution is -0.0764. The standard InChI is InChI=1S/C11H29N9/c1-3-8(2,16)4(12)10(18)5(13)9(3,17)6(14)11(19,20)7(10)15/h3-7H,12-20H2,1-2H3. The van der Waals surface area contributed by atoms with Crippen molar-refractivity contribution in [3.05, 3.63) is 0 Å². The quantitative estimate of drug-likeness (QED) is 0.193. The summed E-state index contributed by atoms with van der Waals surface area (Å²) in [5, 5.41) is 0. The number of hydrogen-bond donors (Lipinski definition) is 9. The molecule has 0 heterocycles. The van der Waals surface area contributed by atoms with Gasteiger partial charge in [0.25, 0.3) is 0 Å². The number of fused-ring (bicyclic) bond motifs is 2. The van der Waals surface area contributed by atoms with E-state index in [4.69, 9.17) is 51.6 Å². The summed E-state index contributed by atoms with van der Waals surface area (Å²) < 4.78 is 0. The van der Waals surface area contributed by atoms with Crippen LogP contribution in [0.5, 0.6) is 0 Å². The van der Waals surface area contributed by atoms with Crippen LogP contribution in [0.4, 0.5) is 0 Å². The zero-order valence-electron chi connectivity index (χ0n) is 12.1. The third kappa shape index (κ3) is 1.37. The van der Waals surface area contributed by atoms with E-state index in [-0.39, 0.29) is 5.92 Å². The van der Waals surface area contributed by atoms with Gasteiger partial charge in [0, 0.05) is 17.6 Å². The van der Waals surface area contributed by atoms with Crippen molar-refractivity contribution in [2.45, 2.75) is 60.3 Å². The first-order valence-corrected chi connectivity index (χ1v) is 6.74. The van der Waals surface area contributed by atoms with E-state index in [1.807, 2.05) is 6.92 Å². The van der Waals surface area contributed by atoms with E-state index in [9.17, 15) is 0 Å². The van der Waals surface area contributed by atoms with Crippen molar-refractivity contribution in [2.24, 2.45) is 57.5 Å². The summed E-state index contributed by atoms with van der Waals surface area (Å²) in [6, 6.07) is -3.27. The van der Waals surface area contributed by atoms with E-state index >= 15 is 0 Å². The van der Waals surface area contributed by atoms with Crippen molar-refractivity contribution < 1.29 is 0 Å². The van der Waals surface area contributed by atoms with Gasteiger partial charge in [0.1, 0.15) is 0 Å². The fourth-order valence-electron chi connectivity index (χ4n) is 4.15. The van der Waals surface area contributed by atoms with Crippen molar-refractivity contribution >= 4 is 0 Å². The topological polar surface area (TPSA) is 234 Å². The molecule has 0 saturated heterocycles. The second kappa shape index (κ2) is 3.88. The van der Waals surface area contributed by atoms with Crippen LogP contribution in [-0.4, -0.2) is 46.4 Å². The fourth-order valence-corrected chi connectivity index (χ4v) is 4.15. The Bertz CT molecular complexity index is 358. The van der Waals surface area contributed by atoms with Gasteiger partial charge in [0.15, 0.2) is 0 Å². The second-order valence-electron chi connectivity index (χ2n) is 7.00. The molecule has 0 spiro atoms. The highest BCUT2D eigenvalue weighted by Gasteiger charge is 2.74. The number of hydrogen-bond acceptors (Lipinski definition) is 9. The number of nitrogens with two attached hydrogens (primary N) is 9. The Morgan fingerprint density at radius 3 is 1.50 bits per heavy atom. The Kier molecular flexibility index (Phi) is 3.11. The van der Waals surface area contributed by atoms with Crippen molar-refractivity contribution in [1.29, 1.82) is 0 Å². The normalized spacial score (nSPS) is 62.2. The summed E-state index contributed by atoms with van der Waals surface area (Å²) in [4.78, 5) is 0. The molecule has 18 N–H and O–H groups in total. The Labute approximate surface area is 118 Å². The molecule has 8 unspecified atom stereocenters. The van der Waals surface area contributed by atoms with E-state index in [1.54, 1.807) is 6.92 Å². The van der Waals surface area contributed by atoms with Gasteiger partial charge >= 0.3 is 0 Å². The molecule has 118 valence electrons. The van der Waals surface area contributed by atoms with Gasteiger partial charge < -0.3 is 51.6 Å². The van der Waals surface area contributed by atoms with Crippen LogP contribution in [0.25, 0.3) is 0 Å². The monoisotopic (exact) mass is 287 g/mol. The summed E-state index contributed by atoms with van der Waals surface area (Å²) in [6.45, 7) is 3.61. The zero-order valence-corrected chi connectivity index (χ0v) is 12.1. The van der Waals surface area contributed by atoms with Crippen LogP contribution in [0.1, 0.15) is 13.8 Å². The van der Waals surface area contributed by atoms with Crippen molar-refractivity contribution in [2.75, 3.05) is 0 Å². The largest absolute Gasteiger partial charge is 0.324 e. The molecular formula is C11H29N9. The van der Waals surface area contributed by atoms with Gasteiger partial charge in [0.05, 0.1) is 28.8 Å². The van der Waals surface area contributed by atoms with Gasteiger partial charge in [-0.3, -0.25) is 0 Å². The van der Waals surface area contributed by atoms with Crippen LogP contribution in [0, 0.1) is 5.92 Å². The summed E-state index contributed by atoms with van der Waals surface area (Å²) in [5.74, 6) is -0.342. The molecule has 2 bridgehead atoms. The van der Waals surface area contributed by atoms with Crippen molar-refractivity contribution in [3.63, 3.8) is 0 Å². The molecule has 20 heavy (non-hydrogen) atoms. The molecule has 9 heteroatoms. The molecule has 2 aliphatic rings. The molecule has 2 rings (SSSR count). The predicted octanol–water partition coefficient (Wildman–Crippen LogP) is -5.32. The van der Waals surface area contributed by atoms with Crippen molar-refractivity contribution in [3.8, 4) is 0 Å². The molecule has 0 aromatic rings. The third-order valence-corrected chi connectivity index (χ3v) is 6.12. The molecule has 0 amide bonds. The predicted molar refractivity (Wildman–Crippen MR) is 78.6 cm³/mol. The average Bonchev–Trinajstić information content (AvgIpc) is 2.38. The number of rotatable bonds is 0. The molecule has 2 fully saturated rings. The van der Waals surface area contributed by atoms with Gasteiger partial charge in [0.2, 0.25) is 0 Å². The maximum atomic E-state index is 6.51. The maximum Gasteiger partial charge on any atom is 0.0986 e. The van der Waals surface area contributed by atoms with Crippen LogP contribution in [0.15, 0.2) is 0 Å². The summed E-state index contributed by atoms with van der Waals surface area (Å²) in [6.07, 6.45) is 0. The highest BCUT2D eigenvalue weighted by Crippen LogP contribution is 2.48. The van der Waals surface area contributed by atoms with Gasteiger partial charge in [-0.2, -0.15) is 0 Å². The first-order valence-electron chi connectivity index (χ1n) is 6.74. The minimum atomic E-state index is -1.48. The maximum absolute atomic E-state index is 6.51. The fraction of sp³-hybridized carbons (Fsp3) is 1.00. The second-order valence-corrected chi connectivity index (χ2v) is 7.00. The molecular weight excluding hydrogens is 258 g/mol. The first-order chi connectivity index (χ1) is 8.77. The first kappa shape index (κ1) is 16.0. The highest BCUT2D eigenvalue weighted by atomic mass is 15.2. The Morgan fingerprint density at radius 2 is 1.05 bits per heavy atom. The molecule has 0 aliphatic heterocycles. The lowest BCUT2D eigenvalue weighted by Gasteiger charge is -2.71. The molecule has 8 atom stereocenters. The van der Waals surface area contributed by atoms with E-state index in [0.29, 0.717) is 0 Å². The van der Waals surface area contributed by atoms with Crippen LogP contribution in [0.2, 0.25) is 0 Å². The van der Waals surface area contributed by atoms with Gasteiger partial charge in [-0.25, -0.2) is 0 Å². The average molecular weight is 287 g/mol. The Hall–Kier alpha value is -0.360. The molecule has 0 radical (unpaired) electrons. The SMILES string of the molecule is CC1C(C)(N)C(N)C2(N)C(N)C(N)(N)C(N)C1(N)C2N. The molecule has 0 aromatic carbocycles. The Morgan fingerprint density at radius 1 is 0.650 bits per heavy atom. The van der Waals surface area contributed by atoms with Crippen molar-refractivity contribution in [1.82, 2.24) is 0 Å². The minimum Gasteiger partial charge on any atom is -0.324 e. The van der Waals surface area contributed by atoms with Gasteiger partial charge in [-0.15, -0.1) is 0 Å². The van der Waals surface area contributed by atoms with Crippen LogP contribution >= 0.6 is 0 Å². The molecule has 0 aromatic heterocycles. The van der Waals surface area contributed by atoms with E-state index < -0.39 is 46.4 Å². The smallest absolute Gasteiger partial charge is 0.0986 e. The molecule has 2 saturated carbocycles. The molecule has 2 aliphatic carbocycles. The van der Waals surface area contributed by atoms with E-state index in [1.165, 1.54) is 0 Å². The van der Waals surface area contributed by atoms with Gasteiger partial charge in [-0.1, -0.05) is 6.92 Å². The van der Waals surface area contributed by atoms with Crippen LogP contribution in [0.3, 0.4) is 0 Å². The lowest BCUT2D eigenvalue weighted by Crippen LogP contribution is -3.03. The molecule has 9 nitrogen and oxygen atoms in total. The highest BCUT2D eigenvalue weighted by molar-refractivity contribution is 5.38.